The number of benzene rings is 4. The molecule has 4 aromatic carbocycles. The number of phenolic OH excluding ortho intramolecular Hbond substituents is 1. The summed E-state index contributed by atoms with van der Waals surface area (Å²) in [6.07, 6.45) is 0. The summed E-state index contributed by atoms with van der Waals surface area (Å²) in [7, 11) is -0.875. The molecule has 44 heavy (non-hydrogen) atoms. The van der Waals surface area contributed by atoms with Crippen LogP contribution in [0.3, 0.4) is 0 Å². The summed E-state index contributed by atoms with van der Waals surface area (Å²) in [4.78, 5) is 0. The summed E-state index contributed by atoms with van der Waals surface area (Å²) in [5.41, 5.74) is 7.02. The summed E-state index contributed by atoms with van der Waals surface area (Å²) >= 11 is 0. The summed E-state index contributed by atoms with van der Waals surface area (Å²) in [6.45, 7) is 29.7. The lowest BCUT2D eigenvalue weighted by Crippen LogP contribution is -2.33. The molecule has 0 aliphatic heterocycles. The van der Waals surface area contributed by atoms with Gasteiger partial charge in [-0.05, 0) is 73.3 Å². The first-order valence-electron chi connectivity index (χ1n) is 16.2. The summed E-state index contributed by atoms with van der Waals surface area (Å²) in [5, 5.41) is 16.2. The number of rotatable bonds is 5. The van der Waals surface area contributed by atoms with Crippen LogP contribution in [0.5, 0.6) is 5.75 Å². The first kappa shape index (κ1) is 34.0. The molecule has 0 bridgehead atoms. The van der Waals surface area contributed by atoms with Crippen LogP contribution in [0.4, 0.5) is 0 Å². The Morgan fingerprint density at radius 1 is 0.500 bits per heavy atom. The molecule has 0 saturated heterocycles. The fourth-order valence-electron chi connectivity index (χ4n) is 5.96. The average Bonchev–Trinajstić information content (AvgIpc) is 2.91. The molecular weight excluding hydrogens is 551 g/mol. The second-order valence-electron chi connectivity index (χ2n) is 16.7. The molecular formula is C42H55OP. The maximum absolute atomic E-state index is 12.1. The maximum atomic E-state index is 12.1. The molecule has 1 N–H and O–H groups in total. The average molecular weight is 607 g/mol. The number of aromatic hydroxyl groups is 1. The lowest BCUT2D eigenvalue weighted by molar-refractivity contribution is 0.436. The molecule has 0 fully saturated rings. The lowest BCUT2D eigenvalue weighted by Gasteiger charge is -2.36. The highest BCUT2D eigenvalue weighted by molar-refractivity contribution is 7.80. The normalized spacial score (nSPS) is 13.8. The van der Waals surface area contributed by atoms with E-state index in [1.54, 1.807) is 0 Å². The minimum Gasteiger partial charge on any atom is -0.507 e. The minimum atomic E-state index is -0.875. The van der Waals surface area contributed by atoms with Crippen molar-refractivity contribution >= 4 is 23.8 Å². The van der Waals surface area contributed by atoms with Gasteiger partial charge in [0.05, 0.1) is 0 Å². The first-order chi connectivity index (χ1) is 20.2. The fourth-order valence-corrected chi connectivity index (χ4v) is 8.87. The zero-order valence-corrected chi connectivity index (χ0v) is 30.4. The van der Waals surface area contributed by atoms with Gasteiger partial charge in [-0.25, -0.2) is 0 Å². The van der Waals surface area contributed by atoms with Crippen LogP contribution in [0.2, 0.25) is 0 Å². The molecule has 1 nitrogen and oxygen atoms in total. The molecule has 0 aliphatic carbocycles. The Bertz CT molecular complexity index is 1550. The van der Waals surface area contributed by atoms with Gasteiger partial charge in [-0.2, -0.15) is 0 Å². The molecule has 0 heterocycles. The van der Waals surface area contributed by atoms with Crippen molar-refractivity contribution in [1.29, 1.82) is 0 Å². The number of phenols is 1. The fraction of sp³-hybridized carbons (Fsp3) is 0.429. The second-order valence-corrected chi connectivity index (χ2v) is 18.8. The van der Waals surface area contributed by atoms with E-state index in [0.29, 0.717) is 5.75 Å². The minimum absolute atomic E-state index is 0.0192. The topological polar surface area (TPSA) is 20.2 Å². The molecule has 1 unspecified atom stereocenters. The van der Waals surface area contributed by atoms with Crippen molar-refractivity contribution in [3.05, 3.63) is 118 Å². The van der Waals surface area contributed by atoms with E-state index in [1.807, 2.05) is 0 Å². The van der Waals surface area contributed by atoms with E-state index in [4.69, 9.17) is 0 Å². The molecule has 0 aliphatic rings. The molecule has 4 aromatic rings. The van der Waals surface area contributed by atoms with E-state index in [0.717, 1.165) is 11.1 Å². The third-order valence-electron chi connectivity index (χ3n) is 8.81. The Labute approximate surface area is 269 Å². The molecule has 0 saturated carbocycles. The highest BCUT2D eigenvalue weighted by atomic mass is 31.1. The van der Waals surface area contributed by atoms with Crippen LogP contribution >= 0.6 is 7.92 Å². The van der Waals surface area contributed by atoms with Gasteiger partial charge in [-0.3, -0.25) is 0 Å². The summed E-state index contributed by atoms with van der Waals surface area (Å²) in [5.74, 6) is 0.417. The smallest absolute Gasteiger partial charge is 0.123 e. The van der Waals surface area contributed by atoms with Gasteiger partial charge in [0.25, 0.3) is 0 Å². The van der Waals surface area contributed by atoms with Crippen molar-refractivity contribution in [2.45, 2.75) is 118 Å². The molecule has 1 atom stereocenters. The van der Waals surface area contributed by atoms with E-state index < -0.39 is 7.92 Å². The molecule has 0 aromatic heterocycles. The molecule has 0 spiro atoms. The van der Waals surface area contributed by atoms with Gasteiger partial charge in [0.15, 0.2) is 0 Å². The Balaban J connectivity index is 2.19. The predicted octanol–water partition coefficient (Wildman–Crippen LogP) is 10.5. The van der Waals surface area contributed by atoms with E-state index in [9.17, 15) is 5.11 Å². The van der Waals surface area contributed by atoms with E-state index in [2.05, 4.69) is 175 Å². The third-order valence-corrected chi connectivity index (χ3v) is 11.4. The van der Waals surface area contributed by atoms with Crippen LogP contribution in [-0.2, 0) is 21.7 Å². The maximum Gasteiger partial charge on any atom is 0.123 e. The van der Waals surface area contributed by atoms with Crippen LogP contribution in [0.15, 0.2) is 84.9 Å². The van der Waals surface area contributed by atoms with Crippen molar-refractivity contribution in [3.63, 3.8) is 0 Å². The van der Waals surface area contributed by atoms with Crippen LogP contribution in [0.25, 0.3) is 0 Å². The highest BCUT2D eigenvalue weighted by Gasteiger charge is 2.34. The number of hydrogen-bond acceptors (Lipinski definition) is 1. The monoisotopic (exact) mass is 606 g/mol. The van der Waals surface area contributed by atoms with Crippen LogP contribution < -0.4 is 15.9 Å². The Morgan fingerprint density at radius 2 is 0.886 bits per heavy atom. The molecule has 0 amide bonds. The van der Waals surface area contributed by atoms with Gasteiger partial charge in [-0.15, -0.1) is 0 Å². The Morgan fingerprint density at radius 3 is 1.27 bits per heavy atom. The zero-order chi connectivity index (χ0) is 32.8. The number of hydrogen-bond donors (Lipinski definition) is 1. The van der Waals surface area contributed by atoms with Crippen molar-refractivity contribution < 1.29 is 5.11 Å². The molecule has 2 heteroatoms. The van der Waals surface area contributed by atoms with E-state index >= 15 is 0 Å². The van der Waals surface area contributed by atoms with Crippen LogP contribution in [-0.4, -0.2) is 5.11 Å². The van der Waals surface area contributed by atoms with Gasteiger partial charge < -0.3 is 5.11 Å². The quantitative estimate of drug-likeness (QED) is 0.224. The first-order valence-corrected chi connectivity index (χ1v) is 17.5. The Hall–Kier alpha value is -2.89. The zero-order valence-electron chi connectivity index (χ0n) is 29.6. The summed E-state index contributed by atoms with van der Waals surface area (Å²) in [6, 6.07) is 31.6. The molecule has 0 radical (unpaired) electrons. The Kier molecular flexibility index (Phi) is 9.37. The largest absolute Gasteiger partial charge is 0.507 e. The van der Waals surface area contributed by atoms with Crippen LogP contribution in [0, 0.1) is 0 Å². The standard InChI is InChI=1S/C42H55OP/c1-28(33-24-29(39(2,3)4)26-35(37(33)43)41(8,9)10)34-25-30(40(5,6)7)27-36(42(11,12)13)38(34)44(31-20-16-14-17-21-31)32-22-18-15-19-23-32/h14-28,43H,1-13H3. The molecule has 234 valence electrons. The van der Waals surface area contributed by atoms with Gasteiger partial charge in [-0.1, -0.05) is 175 Å². The van der Waals surface area contributed by atoms with Crippen molar-refractivity contribution in [2.24, 2.45) is 0 Å². The summed E-state index contributed by atoms with van der Waals surface area (Å²) < 4.78 is 0. The van der Waals surface area contributed by atoms with E-state index in [1.165, 1.54) is 38.2 Å². The molecule has 4 rings (SSSR count). The predicted molar refractivity (Wildman–Crippen MR) is 196 cm³/mol. The highest BCUT2D eigenvalue weighted by Crippen LogP contribution is 2.47. The van der Waals surface area contributed by atoms with Crippen molar-refractivity contribution in [1.82, 2.24) is 0 Å². The third kappa shape index (κ3) is 7.15. The second kappa shape index (κ2) is 12.1. The lowest BCUT2D eigenvalue weighted by atomic mass is 9.75. The van der Waals surface area contributed by atoms with Gasteiger partial charge >= 0.3 is 0 Å². The van der Waals surface area contributed by atoms with E-state index in [-0.39, 0.29) is 27.6 Å². The van der Waals surface area contributed by atoms with Gasteiger partial charge in [0.2, 0.25) is 0 Å². The van der Waals surface area contributed by atoms with Crippen molar-refractivity contribution in [2.75, 3.05) is 0 Å². The SMILES string of the molecule is CC(c1cc(C(C)(C)C)cc(C(C)(C)C)c1O)c1cc(C(C)(C)C)cc(C(C)(C)C)c1P(c1ccccc1)c1ccccc1. The van der Waals surface area contributed by atoms with Gasteiger partial charge in [0.1, 0.15) is 5.75 Å². The van der Waals surface area contributed by atoms with Gasteiger partial charge in [0, 0.05) is 11.5 Å². The van der Waals surface area contributed by atoms with Crippen LogP contribution in [0.1, 0.15) is 129 Å². The van der Waals surface area contributed by atoms with Crippen molar-refractivity contribution in [3.8, 4) is 5.75 Å².